The van der Waals surface area contributed by atoms with E-state index in [0.717, 1.165) is 23.3 Å². The zero-order valence-corrected chi connectivity index (χ0v) is 14.3. The van der Waals surface area contributed by atoms with Gasteiger partial charge in [-0.2, -0.15) is 0 Å². The minimum absolute atomic E-state index is 0.200. The van der Waals surface area contributed by atoms with E-state index in [-0.39, 0.29) is 5.69 Å². The summed E-state index contributed by atoms with van der Waals surface area (Å²) in [5.74, 6) is 0.173. The lowest BCUT2D eigenvalue weighted by atomic mass is 10.1. The number of azo groups is 1. The van der Waals surface area contributed by atoms with Crippen molar-refractivity contribution in [1.29, 1.82) is 0 Å². The summed E-state index contributed by atoms with van der Waals surface area (Å²) >= 11 is 0. The van der Waals surface area contributed by atoms with Crippen LogP contribution in [-0.4, -0.2) is 9.38 Å². The van der Waals surface area contributed by atoms with Gasteiger partial charge in [0, 0.05) is 11.8 Å². The minimum Gasteiger partial charge on any atom is -0.283 e. The Morgan fingerprint density at radius 2 is 1.69 bits per heavy atom. The Bertz CT molecular complexity index is 1080. The molecular formula is C21H17FN4. The summed E-state index contributed by atoms with van der Waals surface area (Å²) in [7, 11) is 0. The molecule has 0 saturated carbocycles. The number of halogens is 1. The van der Waals surface area contributed by atoms with Gasteiger partial charge < -0.3 is 0 Å². The van der Waals surface area contributed by atoms with Gasteiger partial charge in [0.25, 0.3) is 0 Å². The maximum absolute atomic E-state index is 13.9. The molecule has 0 unspecified atom stereocenters. The fourth-order valence-electron chi connectivity index (χ4n) is 2.80. The highest BCUT2D eigenvalue weighted by Gasteiger charge is 2.14. The van der Waals surface area contributed by atoms with Crippen molar-refractivity contribution in [3.05, 3.63) is 84.3 Å². The number of benzene rings is 2. The van der Waals surface area contributed by atoms with Crippen molar-refractivity contribution in [1.82, 2.24) is 9.38 Å². The predicted molar refractivity (Wildman–Crippen MR) is 101 cm³/mol. The molecule has 0 bridgehead atoms. The van der Waals surface area contributed by atoms with Crippen LogP contribution in [0.15, 0.2) is 83.2 Å². The largest absolute Gasteiger partial charge is 0.283 e. The molecule has 4 aromatic rings. The van der Waals surface area contributed by atoms with E-state index in [0.29, 0.717) is 5.82 Å². The van der Waals surface area contributed by atoms with Crippen molar-refractivity contribution in [3.63, 3.8) is 0 Å². The quantitative estimate of drug-likeness (QED) is 0.411. The Balaban J connectivity index is 1.85. The molecule has 0 aliphatic carbocycles. The first kappa shape index (κ1) is 16.1. The first-order chi connectivity index (χ1) is 12.8. The van der Waals surface area contributed by atoms with Gasteiger partial charge in [-0.05, 0) is 36.2 Å². The summed E-state index contributed by atoms with van der Waals surface area (Å²) in [6.07, 6.45) is 2.85. The molecule has 0 N–H and O–H groups in total. The number of aromatic nitrogens is 2. The van der Waals surface area contributed by atoms with Crippen LogP contribution in [0.25, 0.3) is 16.9 Å². The standard InChI is InChI=1S/C21H17FN4/c1-2-15-10-12-16(13-11-15)20-21(26-14-6-5-9-19(26)23-20)25-24-18-8-4-3-7-17(18)22/h3-14H,2H2,1H3. The molecule has 5 heteroatoms. The smallest absolute Gasteiger partial charge is 0.187 e. The van der Waals surface area contributed by atoms with Crippen molar-refractivity contribution in [2.45, 2.75) is 13.3 Å². The molecule has 2 heterocycles. The van der Waals surface area contributed by atoms with Gasteiger partial charge >= 0.3 is 0 Å². The van der Waals surface area contributed by atoms with E-state index in [9.17, 15) is 4.39 Å². The molecule has 0 aliphatic rings. The third-order valence-electron chi connectivity index (χ3n) is 4.25. The van der Waals surface area contributed by atoms with Crippen LogP contribution in [0.3, 0.4) is 0 Å². The normalized spacial score (nSPS) is 11.5. The lowest BCUT2D eigenvalue weighted by molar-refractivity contribution is 0.628. The second-order valence-corrected chi connectivity index (χ2v) is 5.91. The lowest BCUT2D eigenvalue weighted by Gasteiger charge is -2.02. The highest BCUT2D eigenvalue weighted by molar-refractivity contribution is 5.74. The molecule has 0 radical (unpaired) electrons. The molecule has 0 atom stereocenters. The van der Waals surface area contributed by atoms with Gasteiger partial charge in [0.15, 0.2) is 11.6 Å². The molecule has 0 saturated heterocycles. The lowest BCUT2D eigenvalue weighted by Crippen LogP contribution is -1.83. The summed E-state index contributed by atoms with van der Waals surface area (Å²) in [5.41, 5.74) is 3.90. The summed E-state index contributed by atoms with van der Waals surface area (Å²) in [6, 6.07) is 20.3. The third kappa shape index (κ3) is 2.99. The van der Waals surface area contributed by atoms with Crippen LogP contribution in [0.1, 0.15) is 12.5 Å². The average molecular weight is 344 g/mol. The topological polar surface area (TPSA) is 42.0 Å². The number of hydrogen-bond donors (Lipinski definition) is 0. The summed E-state index contributed by atoms with van der Waals surface area (Å²) < 4.78 is 15.7. The van der Waals surface area contributed by atoms with E-state index in [4.69, 9.17) is 0 Å². The van der Waals surface area contributed by atoms with Crippen molar-refractivity contribution >= 4 is 17.2 Å². The molecule has 4 rings (SSSR count). The predicted octanol–water partition coefficient (Wildman–Crippen LogP) is 6.12. The monoisotopic (exact) mass is 344 g/mol. The zero-order chi connectivity index (χ0) is 17.9. The maximum atomic E-state index is 13.9. The zero-order valence-electron chi connectivity index (χ0n) is 14.3. The molecule has 0 spiro atoms. The number of fused-ring (bicyclic) bond motifs is 1. The van der Waals surface area contributed by atoms with E-state index in [1.807, 2.05) is 40.9 Å². The van der Waals surface area contributed by atoms with Crippen LogP contribution in [-0.2, 0) is 6.42 Å². The van der Waals surface area contributed by atoms with E-state index in [2.05, 4.69) is 34.3 Å². The van der Waals surface area contributed by atoms with Crippen molar-refractivity contribution < 1.29 is 4.39 Å². The molecule has 0 fully saturated rings. The second kappa shape index (κ2) is 6.88. The van der Waals surface area contributed by atoms with Crippen molar-refractivity contribution in [2.24, 2.45) is 10.2 Å². The van der Waals surface area contributed by atoms with Crippen LogP contribution >= 0.6 is 0 Å². The Kier molecular flexibility index (Phi) is 4.27. The van der Waals surface area contributed by atoms with Crippen LogP contribution in [0.4, 0.5) is 15.9 Å². The average Bonchev–Trinajstić information content (AvgIpc) is 3.06. The molecule has 0 aliphatic heterocycles. The molecule has 4 nitrogen and oxygen atoms in total. The van der Waals surface area contributed by atoms with Gasteiger partial charge in [-0.15, -0.1) is 10.2 Å². The van der Waals surface area contributed by atoms with E-state index in [1.54, 1.807) is 18.2 Å². The summed E-state index contributed by atoms with van der Waals surface area (Å²) in [5, 5.41) is 8.44. The third-order valence-corrected chi connectivity index (χ3v) is 4.25. The maximum Gasteiger partial charge on any atom is 0.187 e. The van der Waals surface area contributed by atoms with Crippen LogP contribution in [0, 0.1) is 5.82 Å². The Hall–Kier alpha value is -3.34. The molecule has 0 amide bonds. The Morgan fingerprint density at radius 1 is 0.923 bits per heavy atom. The van der Waals surface area contributed by atoms with Crippen molar-refractivity contribution in [2.75, 3.05) is 0 Å². The van der Waals surface area contributed by atoms with Gasteiger partial charge in [0.2, 0.25) is 0 Å². The highest BCUT2D eigenvalue weighted by atomic mass is 19.1. The molecule has 128 valence electrons. The highest BCUT2D eigenvalue weighted by Crippen LogP contribution is 2.32. The van der Waals surface area contributed by atoms with E-state index < -0.39 is 5.82 Å². The minimum atomic E-state index is -0.404. The molecule has 2 aromatic heterocycles. The van der Waals surface area contributed by atoms with Gasteiger partial charge in [0.1, 0.15) is 17.0 Å². The van der Waals surface area contributed by atoms with Gasteiger partial charge in [0.05, 0.1) is 0 Å². The van der Waals surface area contributed by atoms with E-state index >= 15 is 0 Å². The van der Waals surface area contributed by atoms with Gasteiger partial charge in [-0.3, -0.25) is 4.40 Å². The SMILES string of the molecule is CCc1ccc(-c2nc3ccccn3c2N=Nc2ccccc2F)cc1. The molecular weight excluding hydrogens is 327 g/mol. The summed E-state index contributed by atoms with van der Waals surface area (Å²) in [4.78, 5) is 4.69. The van der Waals surface area contributed by atoms with Crippen molar-refractivity contribution in [3.8, 4) is 11.3 Å². The fraction of sp³-hybridized carbons (Fsp3) is 0.0952. The number of aryl methyl sites for hydroxylation is 1. The number of pyridine rings is 1. The first-order valence-corrected chi connectivity index (χ1v) is 8.49. The first-order valence-electron chi connectivity index (χ1n) is 8.49. The Labute approximate surface area is 150 Å². The number of hydrogen-bond acceptors (Lipinski definition) is 3. The van der Waals surface area contributed by atoms with Gasteiger partial charge in [-0.25, -0.2) is 9.37 Å². The number of nitrogens with zero attached hydrogens (tertiary/aromatic N) is 4. The number of rotatable bonds is 4. The van der Waals surface area contributed by atoms with Crippen LogP contribution < -0.4 is 0 Å². The fourth-order valence-corrected chi connectivity index (χ4v) is 2.80. The molecule has 2 aromatic carbocycles. The van der Waals surface area contributed by atoms with Crippen LogP contribution in [0.2, 0.25) is 0 Å². The van der Waals surface area contributed by atoms with Crippen LogP contribution in [0.5, 0.6) is 0 Å². The molecule has 26 heavy (non-hydrogen) atoms. The summed E-state index contributed by atoms with van der Waals surface area (Å²) in [6.45, 7) is 2.12. The number of imidazole rings is 1. The Morgan fingerprint density at radius 3 is 2.46 bits per heavy atom. The second-order valence-electron chi connectivity index (χ2n) is 5.91. The van der Waals surface area contributed by atoms with Gasteiger partial charge in [-0.1, -0.05) is 49.4 Å². The van der Waals surface area contributed by atoms with E-state index in [1.165, 1.54) is 11.6 Å².